The van der Waals surface area contributed by atoms with Gasteiger partial charge in [0.2, 0.25) is 0 Å². The van der Waals surface area contributed by atoms with Crippen molar-refractivity contribution in [1.82, 2.24) is 4.90 Å². The zero-order chi connectivity index (χ0) is 11.2. The van der Waals surface area contributed by atoms with Gasteiger partial charge in [-0.2, -0.15) is 0 Å². The Hall–Kier alpha value is -0.0800. The van der Waals surface area contributed by atoms with E-state index in [0.29, 0.717) is 5.54 Å². The molecule has 3 unspecified atom stereocenters. The number of hydrogen-bond acceptors (Lipinski definition) is 2. The van der Waals surface area contributed by atoms with Crippen molar-refractivity contribution in [3.05, 3.63) is 0 Å². The summed E-state index contributed by atoms with van der Waals surface area (Å²) in [5.41, 5.74) is 6.57. The van der Waals surface area contributed by atoms with Crippen LogP contribution in [0.2, 0.25) is 0 Å². The highest BCUT2D eigenvalue weighted by Crippen LogP contribution is 2.53. The molecular formula is C14H26N2. The standard InChI is InChI=1S/C14H26N2/c1-16(13-4-2-3-5-13)14(10-15)9-11-6-7-12(14)8-11/h11-13H,2-10,15H2,1H3. The molecule has 0 aromatic heterocycles. The third-order valence-corrected chi connectivity index (χ3v) is 5.87. The minimum atomic E-state index is 0.387. The van der Waals surface area contributed by atoms with Crippen LogP contribution in [-0.2, 0) is 0 Å². The van der Waals surface area contributed by atoms with Gasteiger partial charge in [-0.1, -0.05) is 19.3 Å². The predicted molar refractivity (Wildman–Crippen MR) is 67.3 cm³/mol. The van der Waals surface area contributed by atoms with Crippen LogP contribution in [0.3, 0.4) is 0 Å². The minimum Gasteiger partial charge on any atom is -0.329 e. The van der Waals surface area contributed by atoms with E-state index in [0.717, 1.165) is 24.4 Å². The Morgan fingerprint density at radius 2 is 1.94 bits per heavy atom. The van der Waals surface area contributed by atoms with E-state index in [2.05, 4.69) is 11.9 Å². The average Bonchev–Trinajstić information content (AvgIpc) is 3.03. The number of fused-ring (bicyclic) bond motifs is 2. The highest BCUT2D eigenvalue weighted by Gasteiger charge is 2.53. The predicted octanol–water partition coefficient (Wildman–Crippen LogP) is 2.38. The Bertz CT molecular complexity index is 259. The molecule has 0 amide bonds. The van der Waals surface area contributed by atoms with E-state index in [1.165, 1.54) is 51.4 Å². The first-order valence-corrected chi connectivity index (χ1v) is 7.19. The number of nitrogens with two attached hydrogens (primary N) is 1. The van der Waals surface area contributed by atoms with Gasteiger partial charge in [-0.05, 0) is 51.0 Å². The van der Waals surface area contributed by atoms with Crippen molar-refractivity contribution in [2.45, 2.75) is 62.9 Å². The maximum absolute atomic E-state index is 6.18. The average molecular weight is 222 g/mol. The van der Waals surface area contributed by atoms with Crippen LogP contribution in [0, 0.1) is 11.8 Å². The zero-order valence-electron chi connectivity index (χ0n) is 10.6. The van der Waals surface area contributed by atoms with Crippen molar-refractivity contribution in [1.29, 1.82) is 0 Å². The lowest BCUT2D eigenvalue weighted by atomic mass is 9.79. The zero-order valence-corrected chi connectivity index (χ0v) is 10.6. The van der Waals surface area contributed by atoms with Crippen LogP contribution in [-0.4, -0.2) is 30.1 Å². The van der Waals surface area contributed by atoms with E-state index >= 15 is 0 Å². The van der Waals surface area contributed by atoms with Gasteiger partial charge in [-0.25, -0.2) is 0 Å². The number of hydrogen-bond donors (Lipinski definition) is 1. The lowest BCUT2D eigenvalue weighted by molar-refractivity contribution is 0.0308. The molecule has 3 aliphatic rings. The summed E-state index contributed by atoms with van der Waals surface area (Å²) in [6, 6.07) is 0.836. The Kier molecular flexibility index (Phi) is 2.75. The van der Waals surface area contributed by atoms with E-state index in [1.807, 2.05) is 0 Å². The van der Waals surface area contributed by atoms with Crippen molar-refractivity contribution in [2.75, 3.05) is 13.6 Å². The van der Waals surface area contributed by atoms with Crippen LogP contribution in [0.1, 0.15) is 51.4 Å². The molecule has 0 aliphatic heterocycles. The molecule has 0 aromatic carbocycles. The maximum Gasteiger partial charge on any atom is 0.0362 e. The van der Waals surface area contributed by atoms with Gasteiger partial charge >= 0.3 is 0 Å². The number of nitrogens with zero attached hydrogens (tertiary/aromatic N) is 1. The lowest BCUT2D eigenvalue weighted by Gasteiger charge is -2.47. The first kappa shape index (κ1) is 11.0. The fourth-order valence-electron chi connectivity index (χ4n) is 4.90. The summed E-state index contributed by atoms with van der Waals surface area (Å²) < 4.78 is 0. The first-order chi connectivity index (χ1) is 7.76. The van der Waals surface area contributed by atoms with Crippen LogP contribution in [0.5, 0.6) is 0 Å². The largest absolute Gasteiger partial charge is 0.329 e. The van der Waals surface area contributed by atoms with Gasteiger partial charge in [0.05, 0.1) is 0 Å². The Morgan fingerprint density at radius 1 is 1.19 bits per heavy atom. The molecule has 0 aromatic rings. The summed E-state index contributed by atoms with van der Waals surface area (Å²) in [4.78, 5) is 2.71. The Morgan fingerprint density at radius 3 is 2.44 bits per heavy atom. The van der Waals surface area contributed by atoms with E-state index in [9.17, 15) is 0 Å². The second-order valence-corrected chi connectivity index (χ2v) is 6.44. The highest BCUT2D eigenvalue weighted by atomic mass is 15.2. The van der Waals surface area contributed by atoms with Crippen LogP contribution in [0.4, 0.5) is 0 Å². The molecule has 16 heavy (non-hydrogen) atoms. The first-order valence-electron chi connectivity index (χ1n) is 7.19. The van der Waals surface area contributed by atoms with Gasteiger partial charge < -0.3 is 5.73 Å². The molecule has 3 rings (SSSR count). The summed E-state index contributed by atoms with van der Waals surface area (Å²) in [5.74, 6) is 1.91. The molecular weight excluding hydrogens is 196 g/mol. The second kappa shape index (κ2) is 3.99. The van der Waals surface area contributed by atoms with Gasteiger partial charge in [0.25, 0.3) is 0 Å². The van der Waals surface area contributed by atoms with Gasteiger partial charge in [0, 0.05) is 18.1 Å². The fourth-order valence-corrected chi connectivity index (χ4v) is 4.90. The van der Waals surface area contributed by atoms with E-state index in [-0.39, 0.29) is 0 Å². The number of likely N-dealkylation sites (N-methyl/N-ethyl adjacent to an activating group) is 1. The van der Waals surface area contributed by atoms with E-state index in [4.69, 9.17) is 5.73 Å². The number of rotatable bonds is 3. The van der Waals surface area contributed by atoms with E-state index in [1.54, 1.807) is 0 Å². The van der Waals surface area contributed by atoms with Gasteiger partial charge in [-0.3, -0.25) is 4.90 Å². The Balaban J connectivity index is 1.79. The smallest absolute Gasteiger partial charge is 0.0362 e. The Labute approximate surface area is 99.6 Å². The van der Waals surface area contributed by atoms with E-state index < -0.39 is 0 Å². The third kappa shape index (κ3) is 1.46. The second-order valence-electron chi connectivity index (χ2n) is 6.44. The van der Waals surface area contributed by atoms with Gasteiger partial charge in [0.1, 0.15) is 0 Å². The summed E-state index contributed by atoms with van der Waals surface area (Å²) >= 11 is 0. The molecule has 2 N–H and O–H groups in total. The van der Waals surface area contributed by atoms with Crippen LogP contribution < -0.4 is 5.73 Å². The van der Waals surface area contributed by atoms with Crippen molar-refractivity contribution in [3.63, 3.8) is 0 Å². The minimum absolute atomic E-state index is 0.387. The molecule has 2 nitrogen and oxygen atoms in total. The van der Waals surface area contributed by atoms with Gasteiger partial charge in [0.15, 0.2) is 0 Å². The summed E-state index contributed by atoms with van der Waals surface area (Å²) in [6.45, 7) is 0.890. The molecule has 0 heterocycles. The molecule has 3 aliphatic carbocycles. The molecule has 3 atom stereocenters. The third-order valence-electron chi connectivity index (χ3n) is 5.87. The molecule has 3 saturated carbocycles. The maximum atomic E-state index is 6.18. The molecule has 0 saturated heterocycles. The molecule has 2 bridgehead atoms. The van der Waals surface area contributed by atoms with Crippen LogP contribution in [0.25, 0.3) is 0 Å². The SMILES string of the molecule is CN(C1CCCC1)C1(CN)CC2CCC1C2. The normalized spacial score (nSPS) is 43.7. The van der Waals surface area contributed by atoms with Crippen molar-refractivity contribution in [2.24, 2.45) is 17.6 Å². The lowest BCUT2D eigenvalue weighted by Crippen LogP contribution is -2.58. The van der Waals surface area contributed by atoms with Crippen molar-refractivity contribution >= 4 is 0 Å². The monoisotopic (exact) mass is 222 g/mol. The molecule has 0 spiro atoms. The molecule has 3 fully saturated rings. The van der Waals surface area contributed by atoms with Gasteiger partial charge in [-0.15, -0.1) is 0 Å². The van der Waals surface area contributed by atoms with Crippen LogP contribution in [0.15, 0.2) is 0 Å². The molecule has 92 valence electrons. The van der Waals surface area contributed by atoms with Crippen molar-refractivity contribution < 1.29 is 0 Å². The quantitative estimate of drug-likeness (QED) is 0.794. The topological polar surface area (TPSA) is 29.3 Å². The highest BCUT2D eigenvalue weighted by molar-refractivity contribution is 5.08. The molecule has 0 radical (unpaired) electrons. The van der Waals surface area contributed by atoms with Crippen LogP contribution >= 0.6 is 0 Å². The summed E-state index contributed by atoms with van der Waals surface area (Å²) in [7, 11) is 2.36. The summed E-state index contributed by atoms with van der Waals surface area (Å²) in [5, 5.41) is 0. The fraction of sp³-hybridized carbons (Fsp3) is 1.00. The van der Waals surface area contributed by atoms with Crippen molar-refractivity contribution in [3.8, 4) is 0 Å². The molecule has 2 heteroatoms. The summed E-state index contributed by atoms with van der Waals surface area (Å²) in [6.07, 6.45) is 11.5.